The van der Waals surface area contributed by atoms with Crippen molar-refractivity contribution in [3.63, 3.8) is 0 Å². The molecule has 56 valence electrons. The Morgan fingerprint density at radius 1 is 1.50 bits per heavy atom. The molecule has 2 heterocycles. The van der Waals surface area contributed by atoms with Gasteiger partial charge in [0, 0.05) is 6.42 Å². The number of carbonyl (C=O) groups excluding carboxylic acids is 1. The Balaban J connectivity index is 2.05. The summed E-state index contributed by atoms with van der Waals surface area (Å²) in [6.07, 6.45) is 1.94. The second kappa shape index (κ2) is 2.32. The Bertz CT molecular complexity index is 155. The molecule has 2 fully saturated rings. The first kappa shape index (κ1) is 6.31. The molecule has 2 aliphatic heterocycles. The van der Waals surface area contributed by atoms with Gasteiger partial charge in [-0.15, -0.1) is 0 Å². The minimum atomic E-state index is -0.222. The molecule has 10 heavy (non-hydrogen) atoms. The Hall–Kier alpha value is -0.410. The van der Waals surface area contributed by atoms with E-state index in [2.05, 4.69) is 0 Å². The van der Waals surface area contributed by atoms with Crippen molar-refractivity contribution in [1.29, 1.82) is 0 Å². The van der Waals surface area contributed by atoms with Crippen LogP contribution in [-0.2, 0) is 14.3 Å². The molecule has 0 amide bonds. The molecule has 1 unspecified atom stereocenters. The van der Waals surface area contributed by atoms with E-state index in [9.17, 15) is 4.79 Å². The molecule has 2 bridgehead atoms. The average molecular weight is 142 g/mol. The Morgan fingerprint density at radius 2 is 2.40 bits per heavy atom. The van der Waals surface area contributed by atoms with Gasteiger partial charge in [-0.25, -0.2) is 0 Å². The molecule has 0 saturated carbocycles. The van der Waals surface area contributed by atoms with Crippen molar-refractivity contribution in [1.82, 2.24) is 0 Å². The maximum atomic E-state index is 10.9. The van der Waals surface area contributed by atoms with Crippen LogP contribution in [0.25, 0.3) is 0 Å². The number of hydrogen-bond acceptors (Lipinski definition) is 3. The van der Waals surface area contributed by atoms with Gasteiger partial charge in [-0.3, -0.25) is 4.79 Å². The molecule has 2 rings (SSSR count). The molecule has 0 N–H and O–H groups in total. The van der Waals surface area contributed by atoms with Crippen LogP contribution in [0.4, 0.5) is 0 Å². The molecule has 2 saturated heterocycles. The van der Waals surface area contributed by atoms with Crippen LogP contribution >= 0.6 is 0 Å². The fraction of sp³-hybridized carbons (Fsp3) is 0.857. The summed E-state index contributed by atoms with van der Waals surface area (Å²) in [6, 6.07) is 0. The van der Waals surface area contributed by atoms with E-state index < -0.39 is 0 Å². The summed E-state index contributed by atoms with van der Waals surface area (Å²) in [4.78, 5) is 10.9. The summed E-state index contributed by atoms with van der Waals surface area (Å²) in [5.74, 6) is 0.271. The highest BCUT2D eigenvalue weighted by Gasteiger charge is 2.31. The number of fused-ring (bicyclic) bond motifs is 2. The zero-order valence-electron chi connectivity index (χ0n) is 5.71. The first-order chi connectivity index (χ1) is 4.84. The second-order valence-electron chi connectivity index (χ2n) is 2.80. The number of Topliss-reactive ketones (excluding diaryl/α,β-unsaturated/α-hetero) is 1. The van der Waals surface area contributed by atoms with Crippen molar-refractivity contribution in [2.75, 3.05) is 6.61 Å². The lowest BCUT2D eigenvalue weighted by atomic mass is 10.1. The highest BCUT2D eigenvalue weighted by molar-refractivity contribution is 5.79. The molecule has 3 heteroatoms. The van der Waals surface area contributed by atoms with Crippen LogP contribution in [0.1, 0.15) is 19.3 Å². The largest absolute Gasteiger partial charge is 0.349 e. The second-order valence-corrected chi connectivity index (χ2v) is 2.80. The topological polar surface area (TPSA) is 35.5 Å². The minimum Gasteiger partial charge on any atom is -0.349 e. The first-order valence-electron chi connectivity index (χ1n) is 3.63. The fourth-order valence-corrected chi connectivity index (χ4v) is 1.38. The number of ketones is 1. The highest BCUT2D eigenvalue weighted by Crippen LogP contribution is 2.23. The summed E-state index contributed by atoms with van der Waals surface area (Å²) < 4.78 is 10.5. The number of hydrogen-bond donors (Lipinski definition) is 0. The molecule has 0 radical (unpaired) electrons. The Morgan fingerprint density at radius 3 is 3.30 bits per heavy atom. The van der Waals surface area contributed by atoms with Crippen LogP contribution in [0.5, 0.6) is 0 Å². The highest BCUT2D eigenvalue weighted by atomic mass is 16.7. The van der Waals surface area contributed by atoms with Crippen molar-refractivity contribution in [3.8, 4) is 0 Å². The van der Waals surface area contributed by atoms with Crippen molar-refractivity contribution in [2.24, 2.45) is 0 Å². The average Bonchev–Trinajstić information content (AvgIpc) is 2.22. The maximum Gasteiger partial charge on any atom is 0.165 e. The van der Waals surface area contributed by atoms with Gasteiger partial charge in [-0.2, -0.15) is 0 Å². The van der Waals surface area contributed by atoms with E-state index >= 15 is 0 Å². The van der Waals surface area contributed by atoms with Crippen molar-refractivity contribution < 1.29 is 14.3 Å². The molecule has 0 aromatic carbocycles. The van der Waals surface area contributed by atoms with E-state index in [4.69, 9.17) is 9.47 Å². The number of ether oxygens (including phenoxy) is 2. The van der Waals surface area contributed by atoms with Crippen LogP contribution in [-0.4, -0.2) is 24.8 Å². The molecule has 0 spiro atoms. The monoisotopic (exact) mass is 142 g/mol. The lowest BCUT2D eigenvalue weighted by Gasteiger charge is -2.03. The van der Waals surface area contributed by atoms with Crippen LogP contribution in [0.2, 0.25) is 0 Å². The summed E-state index contributed by atoms with van der Waals surface area (Å²) in [5.41, 5.74) is 0. The van der Waals surface area contributed by atoms with E-state index in [1.54, 1.807) is 0 Å². The van der Waals surface area contributed by atoms with E-state index in [-0.39, 0.29) is 18.2 Å². The zero-order chi connectivity index (χ0) is 6.97. The molecule has 0 aliphatic carbocycles. The van der Waals surface area contributed by atoms with Gasteiger partial charge < -0.3 is 9.47 Å². The normalized spacial score (nSPS) is 39.8. The zero-order valence-corrected chi connectivity index (χ0v) is 5.71. The minimum absolute atomic E-state index is 0.191. The molecular weight excluding hydrogens is 132 g/mol. The SMILES string of the molecule is O=C1CC[C@H]2COC(C1)O2. The molecular formula is C7H10O3. The fourth-order valence-electron chi connectivity index (χ4n) is 1.38. The van der Waals surface area contributed by atoms with Crippen molar-refractivity contribution >= 4 is 5.78 Å². The summed E-state index contributed by atoms with van der Waals surface area (Å²) >= 11 is 0. The number of carbonyl (C=O) groups is 1. The van der Waals surface area contributed by atoms with Gasteiger partial charge in [0.25, 0.3) is 0 Å². The third-order valence-corrected chi connectivity index (χ3v) is 1.95. The van der Waals surface area contributed by atoms with Crippen LogP contribution in [0, 0.1) is 0 Å². The van der Waals surface area contributed by atoms with Gasteiger partial charge in [0.15, 0.2) is 6.29 Å². The van der Waals surface area contributed by atoms with Gasteiger partial charge in [0.2, 0.25) is 0 Å². The molecule has 0 aromatic heterocycles. The van der Waals surface area contributed by atoms with Gasteiger partial charge in [-0.05, 0) is 6.42 Å². The predicted molar refractivity (Wildman–Crippen MR) is 33.5 cm³/mol. The third-order valence-electron chi connectivity index (χ3n) is 1.95. The van der Waals surface area contributed by atoms with Crippen molar-refractivity contribution in [3.05, 3.63) is 0 Å². The summed E-state index contributed by atoms with van der Waals surface area (Å²) in [5, 5.41) is 0. The smallest absolute Gasteiger partial charge is 0.165 e. The first-order valence-corrected chi connectivity index (χ1v) is 3.63. The van der Waals surface area contributed by atoms with Crippen LogP contribution in [0.15, 0.2) is 0 Å². The molecule has 2 aliphatic rings. The Labute approximate surface area is 59.3 Å². The lowest BCUT2D eigenvalue weighted by Crippen LogP contribution is -2.12. The number of rotatable bonds is 0. The van der Waals surface area contributed by atoms with Crippen LogP contribution < -0.4 is 0 Å². The summed E-state index contributed by atoms with van der Waals surface area (Å²) in [7, 11) is 0. The standard InChI is InChI=1S/C7H10O3/c8-5-1-2-6-4-9-7(3-5)10-6/h6-7H,1-4H2/t6-,7?/m0/s1. The van der Waals surface area contributed by atoms with Gasteiger partial charge >= 0.3 is 0 Å². The molecule has 2 atom stereocenters. The van der Waals surface area contributed by atoms with E-state index in [0.717, 1.165) is 6.42 Å². The predicted octanol–water partition coefficient (Wildman–Crippen LogP) is 0.481. The molecule has 0 aromatic rings. The lowest BCUT2D eigenvalue weighted by molar-refractivity contribution is -0.125. The van der Waals surface area contributed by atoms with E-state index in [0.29, 0.717) is 19.4 Å². The van der Waals surface area contributed by atoms with Crippen molar-refractivity contribution in [2.45, 2.75) is 31.7 Å². The summed E-state index contributed by atoms with van der Waals surface area (Å²) in [6.45, 7) is 0.679. The van der Waals surface area contributed by atoms with Gasteiger partial charge in [-0.1, -0.05) is 0 Å². The van der Waals surface area contributed by atoms with Crippen LogP contribution in [0.3, 0.4) is 0 Å². The molecule has 3 nitrogen and oxygen atoms in total. The maximum absolute atomic E-state index is 10.9. The van der Waals surface area contributed by atoms with E-state index in [1.807, 2.05) is 0 Å². The van der Waals surface area contributed by atoms with E-state index in [1.165, 1.54) is 0 Å². The van der Waals surface area contributed by atoms with Gasteiger partial charge in [0.1, 0.15) is 5.78 Å². The third kappa shape index (κ3) is 1.07. The van der Waals surface area contributed by atoms with Gasteiger partial charge in [0.05, 0.1) is 19.1 Å². The Kier molecular flexibility index (Phi) is 1.47. The quantitative estimate of drug-likeness (QED) is 0.493.